The van der Waals surface area contributed by atoms with Crippen molar-refractivity contribution >= 4 is 17.6 Å². The summed E-state index contributed by atoms with van der Waals surface area (Å²) in [5, 5.41) is 7.61. The van der Waals surface area contributed by atoms with E-state index in [0.717, 1.165) is 12.1 Å². The number of urea groups is 1. The maximum absolute atomic E-state index is 11.6. The lowest BCUT2D eigenvalue weighted by molar-refractivity contribution is -0.120. The summed E-state index contributed by atoms with van der Waals surface area (Å²) in [5.74, 6) is -0.365. The number of benzene rings is 1. The Morgan fingerprint density at radius 3 is 2.67 bits per heavy atom. The van der Waals surface area contributed by atoms with Crippen molar-refractivity contribution in [1.29, 1.82) is 0 Å². The highest BCUT2D eigenvalue weighted by molar-refractivity contribution is 5.97. The molecule has 0 saturated heterocycles. The Hall–Kier alpha value is -2.04. The van der Waals surface area contributed by atoms with Gasteiger partial charge in [0, 0.05) is 12.7 Å². The standard InChI is InChI=1S/C13H19N3O2/c1-4-10-6-5-7-11(8-10)15-9(2)12(17)16-13(18)14-3/h5-9,15H,4H2,1-3H3,(H2,14,16,17,18). The zero-order chi connectivity index (χ0) is 13.5. The summed E-state index contributed by atoms with van der Waals surface area (Å²) in [4.78, 5) is 22.6. The zero-order valence-electron chi connectivity index (χ0n) is 10.9. The molecule has 0 aliphatic heterocycles. The number of imide groups is 1. The van der Waals surface area contributed by atoms with Gasteiger partial charge in [0.05, 0.1) is 0 Å². The van der Waals surface area contributed by atoms with Gasteiger partial charge in [0.1, 0.15) is 6.04 Å². The van der Waals surface area contributed by atoms with Crippen LogP contribution >= 0.6 is 0 Å². The molecular weight excluding hydrogens is 230 g/mol. The third-order valence-electron chi connectivity index (χ3n) is 2.58. The number of rotatable bonds is 4. The minimum atomic E-state index is -0.504. The molecule has 5 nitrogen and oxygen atoms in total. The van der Waals surface area contributed by atoms with E-state index in [2.05, 4.69) is 22.9 Å². The molecule has 98 valence electrons. The van der Waals surface area contributed by atoms with Gasteiger partial charge in [-0.25, -0.2) is 4.79 Å². The zero-order valence-corrected chi connectivity index (χ0v) is 10.9. The van der Waals surface area contributed by atoms with Gasteiger partial charge in [-0.15, -0.1) is 0 Å². The van der Waals surface area contributed by atoms with Crippen molar-refractivity contribution in [2.24, 2.45) is 0 Å². The molecule has 0 aliphatic rings. The Bertz CT molecular complexity index is 432. The first kappa shape index (κ1) is 14.0. The normalized spacial score (nSPS) is 11.5. The fraction of sp³-hybridized carbons (Fsp3) is 0.385. The van der Waals surface area contributed by atoms with Gasteiger partial charge in [0.15, 0.2) is 0 Å². The highest BCUT2D eigenvalue weighted by Gasteiger charge is 2.14. The van der Waals surface area contributed by atoms with Crippen LogP contribution in [0, 0.1) is 0 Å². The van der Waals surface area contributed by atoms with Crippen LogP contribution in [-0.4, -0.2) is 25.0 Å². The average Bonchev–Trinajstić information content (AvgIpc) is 2.38. The minimum absolute atomic E-state index is 0.365. The van der Waals surface area contributed by atoms with Gasteiger partial charge in [-0.05, 0) is 31.0 Å². The van der Waals surface area contributed by atoms with Crippen LogP contribution < -0.4 is 16.0 Å². The molecule has 18 heavy (non-hydrogen) atoms. The van der Waals surface area contributed by atoms with Gasteiger partial charge in [-0.3, -0.25) is 10.1 Å². The van der Waals surface area contributed by atoms with Crippen molar-refractivity contribution in [3.8, 4) is 0 Å². The highest BCUT2D eigenvalue weighted by Crippen LogP contribution is 2.12. The van der Waals surface area contributed by atoms with E-state index in [4.69, 9.17) is 0 Å². The van der Waals surface area contributed by atoms with Crippen molar-refractivity contribution in [2.75, 3.05) is 12.4 Å². The van der Waals surface area contributed by atoms with Crippen LogP contribution in [0.15, 0.2) is 24.3 Å². The lowest BCUT2D eigenvalue weighted by Crippen LogP contribution is -2.44. The number of amides is 3. The molecule has 0 saturated carbocycles. The number of carbonyl (C=O) groups is 2. The molecule has 0 aromatic heterocycles. The smallest absolute Gasteiger partial charge is 0.321 e. The Balaban J connectivity index is 2.60. The van der Waals surface area contributed by atoms with E-state index in [1.807, 2.05) is 24.3 Å². The second-order valence-electron chi connectivity index (χ2n) is 3.99. The molecule has 1 atom stereocenters. The number of nitrogens with one attached hydrogen (secondary N) is 3. The maximum atomic E-state index is 11.6. The first-order valence-electron chi connectivity index (χ1n) is 5.94. The summed E-state index contributed by atoms with van der Waals surface area (Å²) in [7, 11) is 1.46. The Kier molecular flexibility index (Phi) is 5.17. The minimum Gasteiger partial charge on any atom is -0.374 e. The van der Waals surface area contributed by atoms with Crippen molar-refractivity contribution in [1.82, 2.24) is 10.6 Å². The molecule has 0 heterocycles. The fourth-order valence-electron chi connectivity index (χ4n) is 1.48. The van der Waals surface area contributed by atoms with Crippen LogP contribution in [0.1, 0.15) is 19.4 Å². The predicted molar refractivity (Wildman–Crippen MR) is 71.5 cm³/mol. The molecule has 1 aromatic carbocycles. The Morgan fingerprint density at radius 2 is 2.06 bits per heavy atom. The maximum Gasteiger partial charge on any atom is 0.321 e. The number of anilines is 1. The van der Waals surface area contributed by atoms with Gasteiger partial charge < -0.3 is 10.6 Å². The highest BCUT2D eigenvalue weighted by atomic mass is 16.2. The number of aryl methyl sites for hydroxylation is 1. The second-order valence-corrected chi connectivity index (χ2v) is 3.99. The molecule has 0 spiro atoms. The molecule has 5 heteroatoms. The monoisotopic (exact) mass is 249 g/mol. The lowest BCUT2D eigenvalue weighted by atomic mass is 10.1. The van der Waals surface area contributed by atoms with Gasteiger partial charge in [-0.1, -0.05) is 19.1 Å². The molecule has 0 bridgehead atoms. The largest absolute Gasteiger partial charge is 0.374 e. The first-order chi connectivity index (χ1) is 8.56. The summed E-state index contributed by atoms with van der Waals surface area (Å²) in [6, 6.07) is 6.86. The third-order valence-corrected chi connectivity index (χ3v) is 2.58. The van der Waals surface area contributed by atoms with Gasteiger partial charge in [0.2, 0.25) is 5.91 Å². The molecule has 3 amide bonds. The van der Waals surface area contributed by atoms with Gasteiger partial charge in [0.25, 0.3) is 0 Å². The van der Waals surface area contributed by atoms with E-state index in [0.29, 0.717) is 0 Å². The summed E-state index contributed by atoms with van der Waals surface area (Å²) in [6.45, 7) is 3.78. The molecule has 0 aliphatic carbocycles. The summed E-state index contributed by atoms with van der Waals surface area (Å²) < 4.78 is 0. The van der Waals surface area contributed by atoms with E-state index in [9.17, 15) is 9.59 Å². The summed E-state index contributed by atoms with van der Waals surface area (Å²) in [5.41, 5.74) is 2.06. The predicted octanol–water partition coefficient (Wildman–Crippen LogP) is 1.50. The topological polar surface area (TPSA) is 70.2 Å². The van der Waals surface area contributed by atoms with Crippen molar-refractivity contribution in [3.63, 3.8) is 0 Å². The lowest BCUT2D eigenvalue weighted by Gasteiger charge is -2.15. The van der Waals surface area contributed by atoms with Crippen LogP contribution in [0.25, 0.3) is 0 Å². The van der Waals surface area contributed by atoms with Crippen molar-refractivity contribution < 1.29 is 9.59 Å². The van der Waals surface area contributed by atoms with E-state index in [1.54, 1.807) is 6.92 Å². The molecule has 0 radical (unpaired) electrons. The molecule has 0 fully saturated rings. The molecule has 3 N–H and O–H groups in total. The van der Waals surface area contributed by atoms with Crippen molar-refractivity contribution in [3.05, 3.63) is 29.8 Å². The molecule has 1 unspecified atom stereocenters. The second kappa shape index (κ2) is 6.64. The quantitative estimate of drug-likeness (QED) is 0.757. The summed E-state index contributed by atoms with van der Waals surface area (Å²) >= 11 is 0. The third kappa shape index (κ3) is 4.08. The number of carbonyl (C=O) groups excluding carboxylic acids is 2. The Labute approximate surface area is 107 Å². The number of hydrogen-bond acceptors (Lipinski definition) is 3. The number of hydrogen-bond donors (Lipinski definition) is 3. The van der Waals surface area contributed by atoms with E-state index in [-0.39, 0.29) is 5.91 Å². The fourth-order valence-corrected chi connectivity index (χ4v) is 1.48. The van der Waals surface area contributed by atoms with Gasteiger partial charge >= 0.3 is 6.03 Å². The summed E-state index contributed by atoms with van der Waals surface area (Å²) in [6.07, 6.45) is 0.939. The molecular formula is C13H19N3O2. The SMILES string of the molecule is CCc1cccc(NC(C)C(=O)NC(=O)NC)c1. The van der Waals surface area contributed by atoms with E-state index >= 15 is 0 Å². The molecule has 1 aromatic rings. The van der Waals surface area contributed by atoms with Crippen LogP contribution in [0.5, 0.6) is 0 Å². The Morgan fingerprint density at radius 1 is 1.33 bits per heavy atom. The average molecular weight is 249 g/mol. The van der Waals surface area contributed by atoms with Gasteiger partial charge in [-0.2, -0.15) is 0 Å². The first-order valence-corrected chi connectivity index (χ1v) is 5.94. The van der Waals surface area contributed by atoms with Crippen LogP contribution in [0.4, 0.5) is 10.5 Å². The van der Waals surface area contributed by atoms with E-state index in [1.165, 1.54) is 12.6 Å². The molecule has 1 rings (SSSR count). The van der Waals surface area contributed by atoms with Crippen LogP contribution in [0.2, 0.25) is 0 Å². The van der Waals surface area contributed by atoms with E-state index < -0.39 is 12.1 Å². The van der Waals surface area contributed by atoms with Crippen LogP contribution in [0.3, 0.4) is 0 Å². The van der Waals surface area contributed by atoms with Crippen LogP contribution in [-0.2, 0) is 11.2 Å². The van der Waals surface area contributed by atoms with Crippen molar-refractivity contribution in [2.45, 2.75) is 26.3 Å².